The molecule has 0 radical (unpaired) electrons. The lowest BCUT2D eigenvalue weighted by atomic mass is 9.92. The smallest absolute Gasteiger partial charge is 0.265 e. The Morgan fingerprint density at radius 3 is 2.09 bits per heavy atom. The van der Waals surface area contributed by atoms with Gasteiger partial charge in [-0.15, -0.1) is 5.01 Å². The number of ether oxygens (including phenoxy) is 1. The predicted molar refractivity (Wildman–Crippen MR) is 115 cm³/mol. The van der Waals surface area contributed by atoms with Crippen molar-refractivity contribution in [3.05, 3.63) is 52.9 Å². The number of benzene rings is 2. The van der Waals surface area contributed by atoms with E-state index in [2.05, 4.69) is 9.19 Å². The summed E-state index contributed by atoms with van der Waals surface area (Å²) in [5.41, 5.74) is 2.82. The van der Waals surface area contributed by atoms with Crippen molar-refractivity contribution in [2.45, 2.75) is 19.9 Å². The van der Waals surface area contributed by atoms with Gasteiger partial charge in [-0.05, 0) is 25.1 Å². The predicted octanol–water partition coefficient (Wildman–Crippen LogP) is 0.533. The average molecular weight is 464 g/mol. The summed E-state index contributed by atoms with van der Waals surface area (Å²) in [6.07, 6.45) is 0. The zero-order valence-electron chi connectivity index (χ0n) is 18.6. The Balaban J connectivity index is 0.000000427. The van der Waals surface area contributed by atoms with E-state index in [1.54, 1.807) is 25.3 Å². The Morgan fingerprint density at radius 1 is 1.06 bits per heavy atom. The van der Waals surface area contributed by atoms with Crippen molar-refractivity contribution < 1.29 is 36.5 Å². The molecule has 32 heavy (non-hydrogen) atoms. The zero-order chi connectivity index (χ0) is 24.0. The molecule has 0 fully saturated rings. The number of nitrogens with one attached hydrogen (secondary N) is 1. The monoisotopic (exact) mass is 463 g/mol. The maximum absolute atomic E-state index is 13.3. The second-order valence-corrected chi connectivity index (χ2v) is 8.60. The molecule has 2 aromatic rings. The molecule has 2 aromatic carbocycles. The Bertz CT molecular complexity index is 1220. The first kappa shape index (κ1) is 23.8. The number of quaternary nitrogens is 1. The van der Waals surface area contributed by atoms with Crippen molar-refractivity contribution in [3.8, 4) is 5.75 Å². The van der Waals surface area contributed by atoms with Gasteiger partial charge in [0.25, 0.3) is 11.8 Å². The van der Waals surface area contributed by atoms with Gasteiger partial charge in [-0.2, -0.15) is 0 Å². The van der Waals surface area contributed by atoms with Gasteiger partial charge < -0.3 is 9.29 Å². The third-order valence-corrected chi connectivity index (χ3v) is 6.37. The molecule has 11 heteroatoms. The van der Waals surface area contributed by atoms with Gasteiger partial charge in [0.05, 0.1) is 21.3 Å². The molecule has 4 rings (SSSR count). The van der Waals surface area contributed by atoms with E-state index in [4.69, 9.17) is 4.74 Å². The van der Waals surface area contributed by atoms with E-state index in [-0.39, 0.29) is 17.9 Å². The van der Waals surface area contributed by atoms with Crippen LogP contribution >= 0.6 is 0 Å². The van der Waals surface area contributed by atoms with Crippen LogP contribution in [0, 0.1) is 0 Å². The van der Waals surface area contributed by atoms with Crippen LogP contribution in [0.4, 0.5) is 0 Å². The third kappa shape index (κ3) is 3.89. The molecule has 2 aliphatic rings. The molecule has 0 saturated heterocycles. The number of allylic oxidation sites excluding steroid dienone is 1. The summed E-state index contributed by atoms with van der Waals surface area (Å²) in [6, 6.07) is 8.99. The van der Waals surface area contributed by atoms with Crippen LogP contribution in [0.5, 0.6) is 5.75 Å². The van der Waals surface area contributed by atoms with Gasteiger partial charge in [-0.1, -0.05) is 12.1 Å². The lowest BCUT2D eigenvalue weighted by molar-refractivity contribution is -0.956. The first-order valence-corrected chi connectivity index (χ1v) is 11.0. The highest BCUT2D eigenvalue weighted by Crippen LogP contribution is 2.37. The number of hydrogen-bond acceptors (Lipinski definition) is 8. The molecule has 2 atom stereocenters. The fraction of sp³-hybridized carbons (Fsp3) is 0.333. The summed E-state index contributed by atoms with van der Waals surface area (Å²) < 4.78 is 36.4. The van der Waals surface area contributed by atoms with E-state index in [0.29, 0.717) is 22.3 Å². The molecule has 172 valence electrons. The number of carbonyl (C=O) groups is 2. The second kappa shape index (κ2) is 8.60. The molecule has 0 bridgehead atoms. The molecule has 0 saturated carbocycles. The molecule has 0 aromatic heterocycles. The van der Waals surface area contributed by atoms with Gasteiger partial charge in [0, 0.05) is 35.9 Å². The topological polar surface area (TPSA) is 121 Å². The number of likely N-dealkylation sites (N-methyl/N-ethyl adjacent to an activating group) is 1. The fourth-order valence-corrected chi connectivity index (χ4v) is 4.06. The van der Waals surface area contributed by atoms with E-state index in [1.807, 2.05) is 40.1 Å². The lowest BCUT2D eigenvalue weighted by Gasteiger charge is -2.29. The highest BCUT2D eigenvalue weighted by atomic mass is 32.3. The second-order valence-electron chi connectivity index (χ2n) is 7.45. The largest absolute Gasteiger partial charge is 0.726 e. The number of imide groups is 1. The molecule has 0 spiro atoms. The number of methoxy groups -OCH3 is 1. The van der Waals surface area contributed by atoms with Crippen LogP contribution in [0.25, 0.3) is 10.8 Å². The van der Waals surface area contributed by atoms with Crippen LogP contribution in [0.2, 0.25) is 0 Å². The van der Waals surface area contributed by atoms with Crippen molar-refractivity contribution in [2.75, 3.05) is 28.3 Å². The highest BCUT2D eigenvalue weighted by Gasteiger charge is 2.45. The van der Waals surface area contributed by atoms with E-state index in [0.717, 1.165) is 28.9 Å². The lowest BCUT2D eigenvalue weighted by Crippen LogP contribution is -3.11. The minimum absolute atomic E-state index is 0.0399. The molecule has 0 aliphatic carbocycles. The number of hydrogen-bond donors (Lipinski definition) is 1. The van der Waals surface area contributed by atoms with Crippen LogP contribution in [0.15, 0.2) is 41.7 Å². The molecule has 2 unspecified atom stereocenters. The number of nitrogens with zero attached hydrogens (tertiary/aromatic N) is 2. The summed E-state index contributed by atoms with van der Waals surface area (Å²) in [4.78, 5) is 28.0. The Labute approximate surface area is 186 Å². The van der Waals surface area contributed by atoms with Crippen molar-refractivity contribution in [2.24, 2.45) is 0 Å². The summed E-state index contributed by atoms with van der Waals surface area (Å²) >= 11 is 0. The minimum atomic E-state index is -4.41. The first-order valence-electron chi connectivity index (χ1n) is 9.72. The van der Waals surface area contributed by atoms with E-state index < -0.39 is 10.4 Å². The Morgan fingerprint density at radius 2 is 1.62 bits per heavy atom. The van der Waals surface area contributed by atoms with Crippen LogP contribution in [-0.4, -0.2) is 69.1 Å². The van der Waals surface area contributed by atoms with Gasteiger partial charge >= 0.3 is 0 Å². The zero-order valence-corrected chi connectivity index (χ0v) is 19.4. The molecule has 1 N–H and O–H groups in total. The minimum Gasteiger partial charge on any atom is -0.726 e. The molecule has 2 aliphatic heterocycles. The molecule has 10 nitrogen and oxygen atoms in total. The third-order valence-electron chi connectivity index (χ3n) is 5.97. The van der Waals surface area contributed by atoms with Crippen LogP contribution in [0.1, 0.15) is 34.6 Å². The van der Waals surface area contributed by atoms with E-state index in [1.165, 1.54) is 4.90 Å². The average Bonchev–Trinajstić information content (AvgIpc) is 2.95. The quantitative estimate of drug-likeness (QED) is 0.398. The van der Waals surface area contributed by atoms with E-state index >= 15 is 0 Å². The SMILES string of the molecule is COS(=O)(=O)[O-].COc1ccc2c3c(cccc13)C(=O)N(C1=C(C)[NH+](C)N(C)C1C)C2=O. The summed E-state index contributed by atoms with van der Waals surface area (Å²) in [6.45, 7) is 3.98. The summed E-state index contributed by atoms with van der Waals surface area (Å²) in [5.74, 6) is 0.115. The maximum atomic E-state index is 13.3. The Kier molecular flexibility index (Phi) is 6.40. The molecule has 2 heterocycles. The van der Waals surface area contributed by atoms with Gasteiger partial charge in [-0.3, -0.25) is 13.8 Å². The maximum Gasteiger partial charge on any atom is 0.265 e. The van der Waals surface area contributed by atoms with E-state index in [9.17, 15) is 22.6 Å². The number of rotatable bonds is 3. The van der Waals surface area contributed by atoms with Crippen LogP contribution < -0.4 is 9.75 Å². The Hall–Kier alpha value is -2.83. The highest BCUT2D eigenvalue weighted by molar-refractivity contribution is 7.80. The van der Waals surface area contributed by atoms with Crippen molar-refractivity contribution in [1.29, 1.82) is 0 Å². The molecule has 2 amide bonds. The molecular weight excluding hydrogens is 438 g/mol. The van der Waals surface area contributed by atoms with Gasteiger partial charge in [0.15, 0.2) is 0 Å². The van der Waals surface area contributed by atoms with Gasteiger partial charge in [0.1, 0.15) is 23.2 Å². The van der Waals surface area contributed by atoms with Crippen LogP contribution in [-0.2, 0) is 14.6 Å². The van der Waals surface area contributed by atoms with Crippen LogP contribution in [0.3, 0.4) is 0 Å². The van der Waals surface area contributed by atoms with Crippen molar-refractivity contribution in [1.82, 2.24) is 9.91 Å². The standard InChI is InChI=1S/C20H21N3O3.CH4O4S/c1-11-18(12(2)22(4)21(11)3)23-19(24)14-8-6-7-13-16(26-5)10-9-15(17(13)14)20(23)25;1-5-6(2,3)4/h6-11H,1-5H3;1H3,(H,2,3,4). The van der Waals surface area contributed by atoms with Crippen molar-refractivity contribution in [3.63, 3.8) is 0 Å². The number of amides is 2. The van der Waals surface area contributed by atoms with Crippen molar-refractivity contribution >= 4 is 33.0 Å². The number of carbonyl (C=O) groups excluding carboxylic acids is 2. The normalized spacial score (nSPS) is 21.2. The first-order chi connectivity index (χ1) is 14.9. The van der Waals surface area contributed by atoms with Gasteiger partial charge in [-0.25, -0.2) is 18.3 Å². The van der Waals surface area contributed by atoms with Gasteiger partial charge in [0.2, 0.25) is 10.4 Å². The summed E-state index contributed by atoms with van der Waals surface area (Å²) in [5, 5.41) is 4.63. The fourth-order valence-electron chi connectivity index (χ4n) is 4.06. The summed E-state index contributed by atoms with van der Waals surface area (Å²) in [7, 11) is 1.98. The molecular formula is C21H25N3O7S.